The van der Waals surface area contributed by atoms with Crippen LogP contribution < -0.4 is 4.74 Å². The second-order valence-corrected chi connectivity index (χ2v) is 4.99. The zero-order valence-electron chi connectivity index (χ0n) is 12.7. The first-order valence-corrected chi connectivity index (χ1v) is 7.02. The lowest BCUT2D eigenvalue weighted by Crippen LogP contribution is -2.00. The van der Waals surface area contributed by atoms with E-state index in [4.69, 9.17) is 14.0 Å². The highest BCUT2D eigenvalue weighted by atomic mass is 16.5. The predicted octanol–water partition coefficient (Wildman–Crippen LogP) is 3.21. The molecule has 0 aliphatic heterocycles. The zero-order valence-corrected chi connectivity index (χ0v) is 12.7. The Balaban J connectivity index is 1.79. The minimum absolute atomic E-state index is 0.193. The fourth-order valence-corrected chi connectivity index (χ4v) is 2.07. The average molecular weight is 299 g/mol. The molecule has 0 bridgehead atoms. The summed E-state index contributed by atoms with van der Waals surface area (Å²) in [6.45, 7) is 4.00. The minimum atomic E-state index is -0.209. The highest BCUT2D eigenvalue weighted by molar-refractivity contribution is 5.84. The van der Waals surface area contributed by atoms with E-state index in [1.54, 1.807) is 7.11 Å². The van der Waals surface area contributed by atoms with E-state index >= 15 is 0 Å². The molecule has 22 heavy (non-hydrogen) atoms. The van der Waals surface area contributed by atoms with Gasteiger partial charge in [-0.3, -0.25) is 0 Å². The smallest absolute Gasteiger partial charge is 0.264 e. The second-order valence-electron chi connectivity index (χ2n) is 4.99. The summed E-state index contributed by atoms with van der Waals surface area (Å²) in [6, 6.07) is 9.81. The lowest BCUT2D eigenvalue weighted by Gasteiger charge is -2.07. The number of para-hydroxylation sites is 1. The molecule has 3 rings (SSSR count). The molecular weight excluding hydrogens is 282 g/mol. The molecule has 2 heterocycles. The van der Waals surface area contributed by atoms with Gasteiger partial charge >= 0.3 is 0 Å². The molecule has 0 spiro atoms. The molecular formula is C16H17N3O3. The molecule has 0 saturated carbocycles. The number of nitrogens with zero attached hydrogens (tertiary/aromatic N) is 3. The van der Waals surface area contributed by atoms with Crippen LogP contribution in [0.25, 0.3) is 10.9 Å². The maximum atomic E-state index is 5.79. The Morgan fingerprint density at radius 1 is 1.18 bits per heavy atom. The molecule has 0 fully saturated rings. The largest absolute Gasteiger partial charge is 0.481 e. The number of fused-ring (bicyclic) bond motifs is 1. The molecule has 0 amide bonds. The van der Waals surface area contributed by atoms with Crippen LogP contribution in [0.3, 0.4) is 0 Å². The second kappa shape index (κ2) is 6.11. The van der Waals surface area contributed by atoms with Crippen molar-refractivity contribution in [3.8, 4) is 5.75 Å². The SMILES string of the molecule is CO[C@H](C)c1noc(COc2cccc3ccc(C)nc23)n1. The van der Waals surface area contributed by atoms with Crippen molar-refractivity contribution in [3.05, 3.63) is 47.7 Å². The van der Waals surface area contributed by atoms with E-state index in [9.17, 15) is 0 Å². The van der Waals surface area contributed by atoms with E-state index in [-0.39, 0.29) is 12.7 Å². The molecule has 0 aliphatic carbocycles. The van der Waals surface area contributed by atoms with E-state index in [2.05, 4.69) is 15.1 Å². The zero-order chi connectivity index (χ0) is 15.5. The van der Waals surface area contributed by atoms with Gasteiger partial charge in [0.15, 0.2) is 12.4 Å². The third-order valence-corrected chi connectivity index (χ3v) is 3.37. The normalized spacial score (nSPS) is 12.5. The van der Waals surface area contributed by atoms with Crippen LogP contribution in [0.5, 0.6) is 5.75 Å². The van der Waals surface area contributed by atoms with Gasteiger partial charge in [0, 0.05) is 18.2 Å². The van der Waals surface area contributed by atoms with Crippen molar-refractivity contribution in [1.82, 2.24) is 15.1 Å². The first-order chi connectivity index (χ1) is 10.7. The summed E-state index contributed by atoms with van der Waals surface area (Å²) >= 11 is 0. The van der Waals surface area contributed by atoms with Gasteiger partial charge in [0.2, 0.25) is 0 Å². The van der Waals surface area contributed by atoms with Crippen molar-refractivity contribution in [2.24, 2.45) is 0 Å². The Morgan fingerprint density at radius 3 is 2.86 bits per heavy atom. The molecule has 0 saturated heterocycles. The van der Waals surface area contributed by atoms with E-state index in [1.165, 1.54) is 0 Å². The van der Waals surface area contributed by atoms with Crippen molar-refractivity contribution in [2.45, 2.75) is 26.6 Å². The standard InChI is InChI=1S/C16H17N3O3/c1-10-7-8-12-5-4-6-13(15(12)17-10)21-9-14-18-16(19-22-14)11(2)20-3/h4-8,11H,9H2,1-3H3/t11-/m1/s1. The summed E-state index contributed by atoms with van der Waals surface area (Å²) in [5.74, 6) is 1.61. The highest BCUT2D eigenvalue weighted by Crippen LogP contribution is 2.24. The summed E-state index contributed by atoms with van der Waals surface area (Å²) in [7, 11) is 1.60. The van der Waals surface area contributed by atoms with Crippen LogP contribution >= 0.6 is 0 Å². The van der Waals surface area contributed by atoms with E-state index < -0.39 is 0 Å². The van der Waals surface area contributed by atoms with Gasteiger partial charge in [-0.15, -0.1) is 0 Å². The molecule has 1 atom stereocenters. The maximum absolute atomic E-state index is 5.79. The molecule has 114 valence electrons. The van der Waals surface area contributed by atoms with E-state index in [1.807, 2.05) is 44.2 Å². The van der Waals surface area contributed by atoms with Gasteiger partial charge in [0.1, 0.15) is 17.4 Å². The monoisotopic (exact) mass is 299 g/mol. The van der Waals surface area contributed by atoms with Crippen molar-refractivity contribution in [3.63, 3.8) is 0 Å². The van der Waals surface area contributed by atoms with E-state index in [0.717, 1.165) is 16.6 Å². The van der Waals surface area contributed by atoms with Crippen molar-refractivity contribution in [1.29, 1.82) is 0 Å². The number of ether oxygens (including phenoxy) is 2. The molecule has 0 radical (unpaired) electrons. The molecule has 0 unspecified atom stereocenters. The number of rotatable bonds is 5. The van der Waals surface area contributed by atoms with Gasteiger partial charge in [-0.25, -0.2) is 4.98 Å². The third-order valence-electron chi connectivity index (χ3n) is 3.37. The number of benzene rings is 1. The number of methoxy groups -OCH3 is 1. The highest BCUT2D eigenvalue weighted by Gasteiger charge is 2.13. The first-order valence-electron chi connectivity index (χ1n) is 7.02. The van der Waals surface area contributed by atoms with Gasteiger partial charge in [-0.05, 0) is 26.0 Å². The number of hydrogen-bond acceptors (Lipinski definition) is 6. The molecule has 3 aromatic rings. The van der Waals surface area contributed by atoms with Crippen LogP contribution in [0, 0.1) is 6.92 Å². The fourth-order valence-electron chi connectivity index (χ4n) is 2.07. The molecule has 0 aliphatic rings. The quantitative estimate of drug-likeness (QED) is 0.720. The van der Waals surface area contributed by atoms with Crippen LogP contribution in [-0.2, 0) is 11.3 Å². The molecule has 2 aromatic heterocycles. The Kier molecular flexibility index (Phi) is 4.02. The predicted molar refractivity (Wildman–Crippen MR) is 80.5 cm³/mol. The van der Waals surface area contributed by atoms with Gasteiger partial charge in [0.05, 0.1) is 0 Å². The summed E-state index contributed by atoms with van der Waals surface area (Å²) in [5.41, 5.74) is 1.77. The van der Waals surface area contributed by atoms with Crippen molar-refractivity contribution >= 4 is 10.9 Å². The van der Waals surface area contributed by atoms with Gasteiger partial charge < -0.3 is 14.0 Å². The van der Waals surface area contributed by atoms with Crippen LogP contribution in [0.1, 0.15) is 30.4 Å². The lowest BCUT2D eigenvalue weighted by atomic mass is 10.2. The van der Waals surface area contributed by atoms with Crippen molar-refractivity contribution < 1.29 is 14.0 Å². The number of hydrogen-bond donors (Lipinski definition) is 0. The summed E-state index contributed by atoms with van der Waals surface area (Å²) in [4.78, 5) is 8.77. The molecule has 0 N–H and O–H groups in total. The first kappa shape index (κ1) is 14.5. The Labute approximate surface area is 128 Å². The average Bonchev–Trinajstić information content (AvgIpc) is 3.01. The molecule has 6 heteroatoms. The van der Waals surface area contributed by atoms with Crippen LogP contribution in [0.2, 0.25) is 0 Å². The lowest BCUT2D eigenvalue weighted by molar-refractivity contribution is 0.109. The summed E-state index contributed by atoms with van der Waals surface area (Å²) < 4.78 is 16.1. The summed E-state index contributed by atoms with van der Waals surface area (Å²) in [5, 5.41) is 4.90. The number of aryl methyl sites for hydroxylation is 1. The summed E-state index contributed by atoms with van der Waals surface area (Å²) in [6.07, 6.45) is -0.209. The fraction of sp³-hybridized carbons (Fsp3) is 0.312. The Morgan fingerprint density at radius 2 is 2.05 bits per heavy atom. The molecule has 1 aromatic carbocycles. The van der Waals surface area contributed by atoms with Crippen molar-refractivity contribution in [2.75, 3.05) is 7.11 Å². The van der Waals surface area contributed by atoms with Gasteiger partial charge in [-0.1, -0.05) is 23.4 Å². The van der Waals surface area contributed by atoms with Crippen LogP contribution in [0.15, 0.2) is 34.9 Å². The topological polar surface area (TPSA) is 70.3 Å². The minimum Gasteiger partial charge on any atom is -0.481 e. The number of aromatic nitrogens is 3. The van der Waals surface area contributed by atoms with Gasteiger partial charge in [-0.2, -0.15) is 4.98 Å². The van der Waals surface area contributed by atoms with Crippen LogP contribution in [-0.4, -0.2) is 22.2 Å². The van der Waals surface area contributed by atoms with Gasteiger partial charge in [0.25, 0.3) is 5.89 Å². The Hall–Kier alpha value is -2.47. The maximum Gasteiger partial charge on any atom is 0.264 e. The third kappa shape index (κ3) is 2.92. The number of pyridine rings is 1. The van der Waals surface area contributed by atoms with E-state index in [0.29, 0.717) is 17.5 Å². The molecule has 6 nitrogen and oxygen atoms in total. The van der Waals surface area contributed by atoms with Crippen LogP contribution in [0.4, 0.5) is 0 Å². The Bertz CT molecular complexity index is 785.